The Labute approximate surface area is 70.1 Å². The van der Waals surface area contributed by atoms with Gasteiger partial charge in [0.25, 0.3) is 10.1 Å². The fourth-order valence-electron chi connectivity index (χ4n) is 0.781. The van der Waals surface area contributed by atoms with Crippen LogP contribution in [-0.4, -0.2) is 35.3 Å². The minimum Gasteiger partial charge on any atom is -0.480 e. The van der Waals surface area contributed by atoms with Crippen LogP contribution in [0.15, 0.2) is 0 Å². The smallest absolute Gasteiger partial charge is 0.328 e. The van der Waals surface area contributed by atoms with Crippen molar-refractivity contribution in [3.8, 4) is 0 Å². The Balaban J connectivity index is 5.27. The summed E-state index contributed by atoms with van der Waals surface area (Å²) >= 11 is 0. The third kappa shape index (κ3) is 1.57. The molecule has 0 heterocycles. The van der Waals surface area contributed by atoms with Crippen molar-refractivity contribution >= 4 is 16.1 Å². The number of carboxylic acids is 1. The van der Waals surface area contributed by atoms with E-state index in [4.69, 9.17) is 15.4 Å². The fraction of sp³-hybridized carbons (Fsp3) is 0.800. The molecule has 7 heteroatoms. The van der Waals surface area contributed by atoms with E-state index in [2.05, 4.69) is 0 Å². The zero-order valence-electron chi connectivity index (χ0n) is 6.52. The summed E-state index contributed by atoms with van der Waals surface area (Å²) in [7, 11) is -4.65. The molecule has 0 aliphatic heterocycles. The molecule has 0 spiro atoms. The number of hydrogen-bond acceptors (Lipinski definition) is 4. The van der Waals surface area contributed by atoms with Crippen molar-refractivity contribution < 1.29 is 22.9 Å². The molecular formula is C5H11NO5S. The van der Waals surface area contributed by atoms with Gasteiger partial charge in [-0.05, 0) is 6.42 Å². The van der Waals surface area contributed by atoms with Crippen molar-refractivity contribution in [1.29, 1.82) is 0 Å². The molecular weight excluding hydrogens is 186 g/mol. The number of carboxylic acid groups (broad SMARTS) is 1. The maximum atomic E-state index is 10.7. The summed E-state index contributed by atoms with van der Waals surface area (Å²) < 4.78 is 27.7. The van der Waals surface area contributed by atoms with Crippen molar-refractivity contribution in [2.75, 3.05) is 6.54 Å². The van der Waals surface area contributed by atoms with Crippen molar-refractivity contribution in [3.05, 3.63) is 0 Å². The molecule has 0 aromatic heterocycles. The van der Waals surface area contributed by atoms with Gasteiger partial charge in [-0.3, -0.25) is 9.35 Å². The lowest BCUT2D eigenvalue weighted by Gasteiger charge is -2.21. The average Bonchev–Trinajstić information content (AvgIpc) is 1.87. The molecule has 12 heavy (non-hydrogen) atoms. The van der Waals surface area contributed by atoms with E-state index in [0.29, 0.717) is 0 Å². The van der Waals surface area contributed by atoms with Crippen LogP contribution in [0.25, 0.3) is 0 Å². The summed E-state index contributed by atoms with van der Waals surface area (Å²) in [6.07, 6.45) is -0.266. The molecule has 0 fully saturated rings. The van der Waals surface area contributed by atoms with E-state index in [-0.39, 0.29) is 6.42 Å². The lowest BCUT2D eigenvalue weighted by molar-refractivity contribution is -0.140. The SMILES string of the molecule is CCC(CN)(C(=O)O)S(=O)(=O)O. The molecule has 1 unspecified atom stereocenters. The highest BCUT2D eigenvalue weighted by atomic mass is 32.2. The molecule has 0 amide bonds. The largest absolute Gasteiger partial charge is 0.480 e. The molecule has 4 N–H and O–H groups in total. The summed E-state index contributed by atoms with van der Waals surface area (Å²) in [5.41, 5.74) is 4.99. The summed E-state index contributed by atoms with van der Waals surface area (Å²) in [5, 5.41) is 8.54. The number of aliphatic carboxylic acids is 1. The second-order valence-electron chi connectivity index (χ2n) is 2.33. The van der Waals surface area contributed by atoms with Gasteiger partial charge in [0, 0.05) is 6.54 Å². The van der Waals surface area contributed by atoms with E-state index < -0.39 is 27.4 Å². The first-order valence-corrected chi connectivity index (χ1v) is 4.66. The lowest BCUT2D eigenvalue weighted by Crippen LogP contribution is -2.51. The Morgan fingerprint density at radius 2 is 2.00 bits per heavy atom. The van der Waals surface area contributed by atoms with Gasteiger partial charge in [0.15, 0.2) is 0 Å². The Kier molecular flexibility index (Phi) is 3.19. The molecule has 0 radical (unpaired) electrons. The van der Waals surface area contributed by atoms with Crippen LogP contribution in [0.4, 0.5) is 0 Å². The average molecular weight is 197 g/mol. The molecule has 6 nitrogen and oxygen atoms in total. The highest BCUT2D eigenvalue weighted by Crippen LogP contribution is 2.19. The van der Waals surface area contributed by atoms with Gasteiger partial charge >= 0.3 is 5.97 Å². The predicted octanol–water partition coefficient (Wildman–Crippen LogP) is -0.934. The van der Waals surface area contributed by atoms with Crippen molar-refractivity contribution in [2.45, 2.75) is 18.1 Å². The Morgan fingerprint density at radius 1 is 1.58 bits per heavy atom. The lowest BCUT2D eigenvalue weighted by atomic mass is 10.1. The molecule has 0 rings (SSSR count). The van der Waals surface area contributed by atoms with E-state index >= 15 is 0 Å². The number of rotatable bonds is 4. The first kappa shape index (κ1) is 11.3. The van der Waals surface area contributed by atoms with E-state index in [1.165, 1.54) is 6.92 Å². The first-order chi connectivity index (χ1) is 5.31. The minimum absolute atomic E-state index is 0.266. The van der Waals surface area contributed by atoms with Gasteiger partial charge < -0.3 is 10.8 Å². The number of nitrogens with two attached hydrogens (primary N) is 1. The topological polar surface area (TPSA) is 118 Å². The van der Waals surface area contributed by atoms with E-state index in [9.17, 15) is 13.2 Å². The van der Waals surface area contributed by atoms with Crippen LogP contribution >= 0.6 is 0 Å². The van der Waals surface area contributed by atoms with E-state index in [1.54, 1.807) is 0 Å². The zero-order chi connectivity index (χ0) is 9.99. The Hall–Kier alpha value is -0.660. The Bertz CT molecular complexity index is 266. The quantitative estimate of drug-likeness (QED) is 0.501. The minimum atomic E-state index is -4.65. The van der Waals surface area contributed by atoms with Crippen LogP contribution in [0.1, 0.15) is 13.3 Å². The van der Waals surface area contributed by atoms with Gasteiger partial charge in [0.2, 0.25) is 4.75 Å². The fourth-order valence-corrected chi connectivity index (χ4v) is 1.58. The van der Waals surface area contributed by atoms with Crippen molar-refractivity contribution in [2.24, 2.45) is 5.73 Å². The molecule has 72 valence electrons. The van der Waals surface area contributed by atoms with E-state index in [1.807, 2.05) is 0 Å². The molecule has 0 aromatic carbocycles. The number of carbonyl (C=O) groups is 1. The maximum Gasteiger partial charge on any atom is 0.328 e. The zero-order valence-corrected chi connectivity index (χ0v) is 7.34. The van der Waals surface area contributed by atoms with Crippen molar-refractivity contribution in [1.82, 2.24) is 0 Å². The maximum absolute atomic E-state index is 10.7. The molecule has 0 bridgehead atoms. The summed E-state index contributed by atoms with van der Waals surface area (Å²) in [6.45, 7) is 0.687. The monoisotopic (exact) mass is 197 g/mol. The van der Waals surface area contributed by atoms with Crippen LogP contribution in [0.2, 0.25) is 0 Å². The molecule has 1 atom stereocenters. The second-order valence-corrected chi connectivity index (χ2v) is 4.06. The van der Waals surface area contributed by atoms with Gasteiger partial charge in [-0.2, -0.15) is 8.42 Å². The third-order valence-electron chi connectivity index (χ3n) is 1.78. The standard InChI is InChI=1S/C5H11NO5S/c1-2-5(3-6,4(7)8)12(9,10)11/h2-3,6H2,1H3,(H,7,8)(H,9,10,11). The molecule has 0 saturated carbocycles. The normalized spacial score (nSPS) is 16.9. The number of hydrogen-bond donors (Lipinski definition) is 3. The molecule has 0 aliphatic carbocycles. The first-order valence-electron chi connectivity index (χ1n) is 3.22. The van der Waals surface area contributed by atoms with Gasteiger partial charge in [0.1, 0.15) is 0 Å². The van der Waals surface area contributed by atoms with Crippen LogP contribution < -0.4 is 5.73 Å². The van der Waals surface area contributed by atoms with Crippen LogP contribution in [0, 0.1) is 0 Å². The molecule has 0 aromatic rings. The van der Waals surface area contributed by atoms with Crippen LogP contribution in [-0.2, 0) is 14.9 Å². The van der Waals surface area contributed by atoms with E-state index in [0.717, 1.165) is 0 Å². The van der Waals surface area contributed by atoms with Crippen molar-refractivity contribution in [3.63, 3.8) is 0 Å². The third-order valence-corrected chi connectivity index (χ3v) is 3.40. The van der Waals surface area contributed by atoms with Crippen LogP contribution in [0.5, 0.6) is 0 Å². The highest BCUT2D eigenvalue weighted by Gasteiger charge is 2.47. The molecule has 0 aliphatic rings. The van der Waals surface area contributed by atoms with Gasteiger partial charge in [0.05, 0.1) is 0 Å². The second kappa shape index (κ2) is 3.38. The molecule has 0 saturated heterocycles. The Morgan fingerprint density at radius 3 is 2.00 bits per heavy atom. The van der Waals surface area contributed by atoms with Gasteiger partial charge in [-0.1, -0.05) is 6.92 Å². The van der Waals surface area contributed by atoms with Gasteiger partial charge in [-0.15, -0.1) is 0 Å². The van der Waals surface area contributed by atoms with Crippen LogP contribution in [0.3, 0.4) is 0 Å². The summed E-state index contributed by atoms with van der Waals surface area (Å²) in [5.74, 6) is -1.63. The highest BCUT2D eigenvalue weighted by molar-refractivity contribution is 7.88. The van der Waals surface area contributed by atoms with Gasteiger partial charge in [-0.25, -0.2) is 0 Å². The predicted molar refractivity (Wildman–Crippen MR) is 41.3 cm³/mol. The summed E-state index contributed by atoms with van der Waals surface area (Å²) in [4.78, 5) is 10.5. The summed E-state index contributed by atoms with van der Waals surface area (Å²) in [6, 6.07) is 0.